The van der Waals surface area contributed by atoms with Crippen LogP contribution in [0.25, 0.3) is 0 Å². The van der Waals surface area contributed by atoms with Crippen molar-refractivity contribution >= 4 is 25.3 Å². The van der Waals surface area contributed by atoms with Crippen molar-refractivity contribution in [3.63, 3.8) is 0 Å². The molecular formula is C37H49F5N5O16P. The van der Waals surface area contributed by atoms with Crippen LogP contribution in [0.15, 0.2) is 24.4 Å². The SMILES string of the molecule is O=C(NCCCCc1cn(CCOCCOCCOCCOCCC(=O)Oc2c(F)c(F)c(F)c(F)c2F)nn1)Nc1ccc(O[C@H]2O[C@H](CCP(=O)(O)O)[C@@H](O)[C@H](O)[C@@H]2O)c(O)c1. The number of nitrogens with one attached hydrogen (secondary N) is 2. The summed E-state index contributed by atoms with van der Waals surface area (Å²) in [5.74, 6) is -15.0. The van der Waals surface area contributed by atoms with Crippen LogP contribution in [-0.2, 0) is 46.0 Å². The molecule has 4 rings (SSSR count). The number of halogens is 5. The lowest BCUT2D eigenvalue weighted by atomic mass is 9.97. The quantitative estimate of drug-likeness (QED) is 0.0103. The second kappa shape index (κ2) is 25.8. The molecule has 21 nitrogen and oxygen atoms in total. The van der Waals surface area contributed by atoms with Crippen molar-refractivity contribution in [3.8, 4) is 17.2 Å². The lowest BCUT2D eigenvalue weighted by Crippen LogP contribution is -2.59. The van der Waals surface area contributed by atoms with Crippen LogP contribution in [0.4, 0.5) is 32.4 Å². The minimum absolute atomic E-state index is 0.0392. The molecule has 1 aliphatic heterocycles. The number of phenols is 1. The molecule has 0 bridgehead atoms. The number of nitrogens with zero attached hydrogens (tertiary/aromatic N) is 3. The van der Waals surface area contributed by atoms with Gasteiger partial charge in [0.2, 0.25) is 41.1 Å². The van der Waals surface area contributed by atoms with Gasteiger partial charge in [-0.2, -0.15) is 8.78 Å². The van der Waals surface area contributed by atoms with Gasteiger partial charge in [-0.3, -0.25) is 9.36 Å². The summed E-state index contributed by atoms with van der Waals surface area (Å²) in [6, 6.07) is 3.26. The predicted molar refractivity (Wildman–Crippen MR) is 207 cm³/mol. The van der Waals surface area contributed by atoms with Gasteiger partial charge >= 0.3 is 19.6 Å². The largest absolute Gasteiger partial charge is 0.504 e. The molecule has 0 spiro atoms. The molecule has 0 aliphatic carbocycles. The Labute approximate surface area is 361 Å². The number of carbonyl (C=O) groups is 2. The standard InChI is InChI=1S/C37H49F5N5O16P/c38-27-28(39)30(41)35(31(42)29(27)40)63-26(49)6-10-57-12-14-59-16-17-60-15-13-58-11-9-47-20-22(45-46-47)3-1-2-8-43-37(53)44-21-4-5-24(23(48)19-21)61-36-34(52)33(51)32(50)25(62-36)7-18-64(54,55)56/h4-5,19-20,25,32-34,36,48,50-52H,1-3,6-18H2,(H2,43,44,53)(H2,54,55,56)/t25-,32-,33+,34+,36+/m1/s1. The smallest absolute Gasteiger partial charge is 0.325 e. The van der Waals surface area contributed by atoms with E-state index in [0.717, 1.165) is 5.69 Å². The topological polar surface area (TPSA) is 292 Å². The molecule has 5 atom stereocenters. The van der Waals surface area contributed by atoms with Gasteiger partial charge in [0.25, 0.3) is 0 Å². The fourth-order valence-corrected chi connectivity index (χ4v) is 6.24. The highest BCUT2D eigenvalue weighted by Crippen LogP contribution is 2.38. The Hall–Kier alpha value is -4.60. The lowest BCUT2D eigenvalue weighted by molar-refractivity contribution is -0.272. The number of unbranched alkanes of at least 4 members (excludes halogenated alkanes) is 1. The Morgan fingerprint density at radius 1 is 0.812 bits per heavy atom. The Balaban J connectivity index is 0.972. The Morgan fingerprint density at radius 3 is 2.05 bits per heavy atom. The highest BCUT2D eigenvalue weighted by Gasteiger charge is 2.45. The van der Waals surface area contributed by atoms with Gasteiger partial charge in [0, 0.05) is 24.5 Å². The van der Waals surface area contributed by atoms with Crippen molar-refractivity contribution in [1.29, 1.82) is 0 Å². The first kappa shape index (κ1) is 52.0. The number of amides is 2. The van der Waals surface area contributed by atoms with Crippen LogP contribution in [0.5, 0.6) is 17.2 Å². The Bertz CT molecular complexity index is 1990. The van der Waals surface area contributed by atoms with E-state index in [1.54, 1.807) is 10.9 Å². The van der Waals surface area contributed by atoms with Crippen molar-refractivity contribution < 1.29 is 99.5 Å². The fraction of sp³-hybridized carbons (Fsp3) is 0.568. The maximum atomic E-state index is 13.6. The van der Waals surface area contributed by atoms with Gasteiger partial charge in [0.1, 0.15) is 18.3 Å². The zero-order valence-corrected chi connectivity index (χ0v) is 34.8. The van der Waals surface area contributed by atoms with Crippen LogP contribution in [0.1, 0.15) is 31.4 Å². The number of esters is 1. The number of aliphatic hydroxyl groups is 3. The number of aromatic nitrogens is 3. The van der Waals surface area contributed by atoms with Crippen LogP contribution in [0, 0.1) is 29.1 Å². The number of anilines is 1. The van der Waals surface area contributed by atoms with E-state index in [2.05, 4.69) is 25.7 Å². The highest BCUT2D eigenvalue weighted by molar-refractivity contribution is 7.51. The number of hydrogen-bond donors (Lipinski definition) is 8. The van der Waals surface area contributed by atoms with E-state index in [0.29, 0.717) is 52.2 Å². The number of benzene rings is 2. The summed E-state index contributed by atoms with van der Waals surface area (Å²) < 4.78 is 116. The number of hydrogen-bond acceptors (Lipinski definition) is 16. The summed E-state index contributed by atoms with van der Waals surface area (Å²) in [4.78, 5) is 42.4. The molecule has 3 aromatic rings. The summed E-state index contributed by atoms with van der Waals surface area (Å²) in [6.07, 6.45) is -5.88. The van der Waals surface area contributed by atoms with Gasteiger partial charge in [-0.1, -0.05) is 5.21 Å². The summed E-state index contributed by atoms with van der Waals surface area (Å²) in [6.45, 7) is 2.09. The highest BCUT2D eigenvalue weighted by atomic mass is 31.2. The number of urea groups is 1. The van der Waals surface area contributed by atoms with Crippen LogP contribution in [0.3, 0.4) is 0 Å². The summed E-state index contributed by atoms with van der Waals surface area (Å²) >= 11 is 0. The first-order valence-electron chi connectivity index (χ1n) is 19.7. The average Bonchev–Trinajstić information content (AvgIpc) is 3.71. The molecular weight excluding hydrogens is 896 g/mol. The lowest BCUT2D eigenvalue weighted by Gasteiger charge is -2.40. The molecule has 64 heavy (non-hydrogen) atoms. The van der Waals surface area contributed by atoms with E-state index in [1.165, 1.54) is 18.2 Å². The summed E-state index contributed by atoms with van der Waals surface area (Å²) in [5, 5.41) is 54.5. The third-order valence-electron chi connectivity index (χ3n) is 8.98. The first-order chi connectivity index (χ1) is 30.4. The van der Waals surface area contributed by atoms with Crippen molar-refractivity contribution in [2.45, 2.75) is 69.4 Å². The van der Waals surface area contributed by atoms with Crippen molar-refractivity contribution in [1.82, 2.24) is 20.3 Å². The number of aryl methyl sites for hydroxylation is 1. The molecule has 358 valence electrons. The molecule has 1 aromatic heterocycles. The Morgan fingerprint density at radius 2 is 1.42 bits per heavy atom. The molecule has 0 saturated carbocycles. The van der Waals surface area contributed by atoms with Crippen molar-refractivity contribution in [2.24, 2.45) is 0 Å². The zero-order chi connectivity index (χ0) is 46.8. The van der Waals surface area contributed by atoms with Crippen LogP contribution < -0.4 is 20.1 Å². The van der Waals surface area contributed by atoms with E-state index in [-0.39, 0.29) is 50.9 Å². The number of carbonyl (C=O) groups excluding carboxylic acids is 2. The van der Waals surface area contributed by atoms with Crippen LogP contribution >= 0.6 is 7.60 Å². The van der Waals surface area contributed by atoms with E-state index >= 15 is 0 Å². The third kappa shape index (κ3) is 16.8. The van der Waals surface area contributed by atoms with Gasteiger partial charge in [0.05, 0.1) is 83.8 Å². The molecule has 0 unspecified atom stereocenters. The van der Waals surface area contributed by atoms with E-state index in [9.17, 15) is 56.5 Å². The number of aromatic hydroxyl groups is 1. The molecule has 2 heterocycles. The zero-order valence-electron chi connectivity index (χ0n) is 34.0. The van der Waals surface area contributed by atoms with Crippen LogP contribution in [-0.4, -0.2) is 153 Å². The normalized spacial score (nSPS) is 18.8. The Kier molecular flexibility index (Phi) is 21.0. The van der Waals surface area contributed by atoms with Gasteiger partial charge in [-0.25, -0.2) is 22.6 Å². The number of aliphatic hydroxyl groups excluding tert-OH is 3. The number of ether oxygens (including phenoxy) is 7. The molecule has 1 aliphatic rings. The molecule has 2 amide bonds. The molecule has 8 N–H and O–H groups in total. The maximum absolute atomic E-state index is 13.6. The minimum Gasteiger partial charge on any atom is -0.504 e. The van der Waals surface area contributed by atoms with Gasteiger partial charge < -0.3 is 74.0 Å². The maximum Gasteiger partial charge on any atom is 0.325 e. The molecule has 2 aromatic carbocycles. The number of phenolic OH excluding ortho intramolecular Hbond substituents is 1. The molecule has 0 radical (unpaired) electrons. The van der Waals surface area contributed by atoms with Gasteiger partial charge in [-0.05, 0) is 37.8 Å². The van der Waals surface area contributed by atoms with Gasteiger partial charge in [-0.15, -0.1) is 5.10 Å². The van der Waals surface area contributed by atoms with Crippen molar-refractivity contribution in [2.75, 3.05) is 70.9 Å². The first-order valence-corrected chi connectivity index (χ1v) is 21.5. The van der Waals surface area contributed by atoms with E-state index in [4.69, 9.17) is 38.2 Å². The molecule has 27 heteroatoms. The van der Waals surface area contributed by atoms with E-state index in [1.807, 2.05) is 0 Å². The van der Waals surface area contributed by atoms with Gasteiger partial charge in [0.15, 0.2) is 11.5 Å². The molecule has 1 saturated heterocycles. The second-order valence-corrected chi connectivity index (χ2v) is 15.7. The fourth-order valence-electron chi connectivity index (χ4n) is 5.65. The minimum atomic E-state index is -4.44. The third-order valence-corrected chi connectivity index (χ3v) is 9.82. The number of rotatable bonds is 27. The van der Waals surface area contributed by atoms with Crippen molar-refractivity contribution in [3.05, 3.63) is 59.2 Å². The second-order valence-electron chi connectivity index (χ2n) is 13.9. The predicted octanol–water partition coefficient (Wildman–Crippen LogP) is 1.64. The summed E-state index contributed by atoms with van der Waals surface area (Å²) in [7, 11) is -4.44. The molecule has 1 fully saturated rings. The average molecular weight is 946 g/mol. The summed E-state index contributed by atoms with van der Waals surface area (Å²) in [5.41, 5.74) is 0.941. The van der Waals surface area contributed by atoms with Crippen LogP contribution in [0.2, 0.25) is 0 Å². The van der Waals surface area contributed by atoms with E-state index < -0.39 is 103 Å². The monoisotopic (exact) mass is 945 g/mol.